The summed E-state index contributed by atoms with van der Waals surface area (Å²) >= 11 is 0. The topological polar surface area (TPSA) is 73.7 Å². The summed E-state index contributed by atoms with van der Waals surface area (Å²) < 4.78 is 1.62. The van der Waals surface area contributed by atoms with Crippen molar-refractivity contribution in [1.29, 1.82) is 0 Å². The van der Waals surface area contributed by atoms with Crippen LogP contribution in [0.4, 0.5) is 5.69 Å². The predicted molar refractivity (Wildman–Crippen MR) is 125 cm³/mol. The van der Waals surface area contributed by atoms with E-state index in [0.29, 0.717) is 24.7 Å². The minimum atomic E-state index is -0.104. The average molecular weight is 439 g/mol. The highest BCUT2D eigenvalue weighted by Crippen LogP contribution is 2.20. The van der Waals surface area contributed by atoms with E-state index < -0.39 is 0 Å². The third kappa shape index (κ3) is 5.12. The summed E-state index contributed by atoms with van der Waals surface area (Å²) in [5, 5.41) is 7.11. The second-order valence-electron chi connectivity index (χ2n) is 9.11. The number of rotatable bonds is 5. The fourth-order valence-electron chi connectivity index (χ4n) is 4.53. The van der Waals surface area contributed by atoms with Crippen LogP contribution >= 0.6 is 0 Å². The zero-order valence-electron chi connectivity index (χ0n) is 19.3. The quantitative estimate of drug-likeness (QED) is 0.773. The lowest BCUT2D eigenvalue weighted by Crippen LogP contribution is -2.48. The van der Waals surface area contributed by atoms with Gasteiger partial charge >= 0.3 is 0 Å². The number of carbonyl (C=O) groups excluding carboxylic acids is 2. The number of nitrogens with one attached hydrogen (secondary N) is 1. The van der Waals surface area contributed by atoms with Crippen LogP contribution < -0.4 is 10.2 Å². The number of likely N-dealkylation sites (tertiary alicyclic amines) is 1. The van der Waals surface area contributed by atoms with Crippen molar-refractivity contribution < 1.29 is 9.59 Å². The first-order valence-corrected chi connectivity index (χ1v) is 11.6. The monoisotopic (exact) mass is 438 g/mol. The molecule has 0 atom stereocenters. The third-order valence-electron chi connectivity index (χ3n) is 6.61. The standard InChI is InChI=1S/C24H34N6O2/c1-18(2)28-12-14-29(15-13-28)22-6-4-19(5-7-22)24(32)30-10-8-21(9-11-30)26-23(31)20-16-25-27(3)17-20/h4-7,16-18,21H,8-15H2,1-3H3,(H,26,31). The van der Waals surface area contributed by atoms with Gasteiger partial charge in [0.2, 0.25) is 0 Å². The molecular formula is C24H34N6O2. The molecule has 8 nitrogen and oxygen atoms in total. The predicted octanol–water partition coefficient (Wildman–Crippen LogP) is 1.99. The molecule has 2 aliphatic rings. The molecule has 32 heavy (non-hydrogen) atoms. The number of nitrogens with zero attached hydrogens (tertiary/aromatic N) is 5. The van der Waals surface area contributed by atoms with Crippen LogP contribution in [0.15, 0.2) is 36.7 Å². The Morgan fingerprint density at radius 2 is 1.62 bits per heavy atom. The number of hydrogen-bond donors (Lipinski definition) is 1. The molecule has 2 saturated heterocycles. The Morgan fingerprint density at radius 3 is 2.19 bits per heavy atom. The van der Waals surface area contributed by atoms with Crippen molar-refractivity contribution >= 4 is 17.5 Å². The van der Waals surface area contributed by atoms with Gasteiger partial charge in [-0.25, -0.2) is 0 Å². The van der Waals surface area contributed by atoms with E-state index in [0.717, 1.165) is 44.6 Å². The Kier molecular flexibility index (Phi) is 6.79. The highest BCUT2D eigenvalue weighted by molar-refractivity contribution is 5.95. The molecule has 1 aromatic heterocycles. The van der Waals surface area contributed by atoms with E-state index in [9.17, 15) is 9.59 Å². The molecule has 1 aromatic carbocycles. The molecule has 0 radical (unpaired) electrons. The Bertz CT molecular complexity index is 922. The van der Waals surface area contributed by atoms with E-state index in [1.165, 1.54) is 5.69 Å². The van der Waals surface area contributed by atoms with E-state index in [2.05, 4.69) is 46.2 Å². The number of piperidine rings is 1. The Balaban J connectivity index is 1.26. The second kappa shape index (κ2) is 9.73. The molecule has 172 valence electrons. The van der Waals surface area contributed by atoms with Crippen molar-refractivity contribution in [3.05, 3.63) is 47.8 Å². The summed E-state index contributed by atoms with van der Waals surface area (Å²) in [6.45, 7) is 9.97. The van der Waals surface area contributed by atoms with Crippen molar-refractivity contribution in [2.75, 3.05) is 44.2 Å². The van der Waals surface area contributed by atoms with Gasteiger partial charge < -0.3 is 15.1 Å². The van der Waals surface area contributed by atoms with Crippen LogP contribution in [-0.2, 0) is 7.05 Å². The number of carbonyl (C=O) groups is 2. The number of aromatic nitrogens is 2. The molecule has 2 aliphatic heterocycles. The summed E-state index contributed by atoms with van der Waals surface area (Å²) in [6, 6.07) is 8.70. The van der Waals surface area contributed by atoms with E-state index >= 15 is 0 Å². The number of aryl methyl sites for hydroxylation is 1. The van der Waals surface area contributed by atoms with Crippen LogP contribution in [0.3, 0.4) is 0 Å². The smallest absolute Gasteiger partial charge is 0.254 e. The summed E-state index contributed by atoms with van der Waals surface area (Å²) in [4.78, 5) is 32.1. The molecule has 3 heterocycles. The Morgan fingerprint density at radius 1 is 0.969 bits per heavy atom. The summed E-state index contributed by atoms with van der Waals surface area (Å²) in [7, 11) is 1.79. The lowest BCUT2D eigenvalue weighted by Gasteiger charge is -2.38. The number of amides is 2. The van der Waals surface area contributed by atoms with Crippen molar-refractivity contribution in [3.63, 3.8) is 0 Å². The molecule has 0 aliphatic carbocycles. The largest absolute Gasteiger partial charge is 0.369 e. The Labute approximate surface area is 190 Å². The van der Waals surface area contributed by atoms with E-state index in [-0.39, 0.29) is 17.9 Å². The fourth-order valence-corrected chi connectivity index (χ4v) is 4.53. The molecule has 8 heteroatoms. The van der Waals surface area contributed by atoms with Gasteiger partial charge in [0, 0.05) is 75.8 Å². The van der Waals surface area contributed by atoms with Gasteiger partial charge in [-0.3, -0.25) is 19.2 Å². The van der Waals surface area contributed by atoms with Gasteiger partial charge in [0.1, 0.15) is 0 Å². The molecular weight excluding hydrogens is 404 g/mol. The van der Waals surface area contributed by atoms with Crippen LogP contribution in [0.5, 0.6) is 0 Å². The number of hydrogen-bond acceptors (Lipinski definition) is 5. The van der Waals surface area contributed by atoms with Gasteiger partial charge in [-0.05, 0) is 51.0 Å². The molecule has 4 rings (SSSR count). The molecule has 1 N–H and O–H groups in total. The minimum Gasteiger partial charge on any atom is -0.369 e. The van der Waals surface area contributed by atoms with Crippen LogP contribution in [0.2, 0.25) is 0 Å². The van der Waals surface area contributed by atoms with E-state index in [4.69, 9.17) is 0 Å². The van der Waals surface area contributed by atoms with Crippen molar-refractivity contribution in [2.45, 2.75) is 38.8 Å². The lowest BCUT2D eigenvalue weighted by molar-refractivity contribution is 0.0698. The van der Waals surface area contributed by atoms with Gasteiger partial charge in [0.15, 0.2) is 0 Å². The van der Waals surface area contributed by atoms with Gasteiger partial charge in [0.25, 0.3) is 11.8 Å². The zero-order chi connectivity index (χ0) is 22.7. The van der Waals surface area contributed by atoms with Crippen molar-refractivity contribution in [3.8, 4) is 0 Å². The first kappa shape index (κ1) is 22.3. The molecule has 2 aromatic rings. The highest BCUT2D eigenvalue weighted by atomic mass is 16.2. The number of anilines is 1. The average Bonchev–Trinajstić information content (AvgIpc) is 3.26. The van der Waals surface area contributed by atoms with Crippen molar-refractivity contribution in [2.24, 2.45) is 7.05 Å². The zero-order valence-corrected chi connectivity index (χ0v) is 19.3. The van der Waals surface area contributed by atoms with Gasteiger partial charge in [-0.1, -0.05) is 0 Å². The normalized spacial score (nSPS) is 18.2. The SMILES string of the molecule is CC(C)N1CCN(c2ccc(C(=O)N3CCC(NC(=O)c4cnn(C)c4)CC3)cc2)CC1. The van der Waals surface area contributed by atoms with Gasteiger partial charge in [-0.15, -0.1) is 0 Å². The summed E-state index contributed by atoms with van der Waals surface area (Å²) in [5.41, 5.74) is 2.48. The van der Waals surface area contributed by atoms with Crippen LogP contribution in [0, 0.1) is 0 Å². The molecule has 0 saturated carbocycles. The third-order valence-corrected chi connectivity index (χ3v) is 6.61. The molecule has 0 spiro atoms. The van der Waals surface area contributed by atoms with Gasteiger partial charge in [0.05, 0.1) is 11.8 Å². The van der Waals surface area contributed by atoms with E-state index in [1.807, 2.05) is 17.0 Å². The molecule has 0 bridgehead atoms. The van der Waals surface area contributed by atoms with Crippen molar-refractivity contribution in [1.82, 2.24) is 24.9 Å². The minimum absolute atomic E-state index is 0.0678. The summed E-state index contributed by atoms with van der Waals surface area (Å²) in [5.74, 6) is -0.0362. The second-order valence-corrected chi connectivity index (χ2v) is 9.11. The lowest BCUT2D eigenvalue weighted by atomic mass is 10.0. The summed E-state index contributed by atoms with van der Waals surface area (Å²) in [6.07, 6.45) is 4.80. The maximum atomic E-state index is 13.0. The maximum absolute atomic E-state index is 13.0. The Hall–Kier alpha value is -2.87. The van der Waals surface area contributed by atoms with Crippen LogP contribution in [0.25, 0.3) is 0 Å². The highest BCUT2D eigenvalue weighted by Gasteiger charge is 2.25. The van der Waals surface area contributed by atoms with Crippen LogP contribution in [0.1, 0.15) is 47.4 Å². The molecule has 2 amide bonds. The molecule has 2 fully saturated rings. The van der Waals surface area contributed by atoms with Gasteiger partial charge in [-0.2, -0.15) is 5.10 Å². The maximum Gasteiger partial charge on any atom is 0.254 e. The first-order valence-electron chi connectivity index (χ1n) is 11.6. The number of benzene rings is 1. The van der Waals surface area contributed by atoms with E-state index in [1.54, 1.807) is 24.1 Å². The number of piperazine rings is 1. The first-order chi connectivity index (χ1) is 15.4. The van der Waals surface area contributed by atoms with Crippen LogP contribution in [-0.4, -0.2) is 82.7 Å². The molecule has 0 unspecified atom stereocenters. The fraction of sp³-hybridized carbons (Fsp3) is 0.542.